The highest BCUT2D eigenvalue weighted by Crippen LogP contribution is 2.34. The van der Waals surface area contributed by atoms with E-state index in [0.717, 1.165) is 23.6 Å². The van der Waals surface area contributed by atoms with Gasteiger partial charge in [0.25, 0.3) is 0 Å². The van der Waals surface area contributed by atoms with Crippen LogP contribution in [0.3, 0.4) is 0 Å². The maximum absolute atomic E-state index is 11.5. The molecule has 0 saturated carbocycles. The van der Waals surface area contributed by atoms with Crippen molar-refractivity contribution in [1.29, 1.82) is 0 Å². The average molecular weight is 286 g/mol. The van der Waals surface area contributed by atoms with Crippen LogP contribution in [0.4, 0.5) is 0 Å². The zero-order valence-electron chi connectivity index (χ0n) is 12.5. The summed E-state index contributed by atoms with van der Waals surface area (Å²) in [4.78, 5) is 11.5. The molecule has 0 amide bonds. The predicted octanol–water partition coefficient (Wildman–Crippen LogP) is 3.94. The van der Waals surface area contributed by atoms with E-state index >= 15 is 0 Å². The van der Waals surface area contributed by atoms with Crippen molar-refractivity contribution in [3.8, 4) is 0 Å². The monoisotopic (exact) mass is 286 g/mol. The minimum Gasteiger partial charge on any atom is -0.481 e. The fourth-order valence-electron chi connectivity index (χ4n) is 2.76. The Hall–Kier alpha value is -1.87. The molecule has 0 fully saturated rings. The van der Waals surface area contributed by atoms with E-state index in [1.807, 2.05) is 49.4 Å². The molecule has 3 heteroatoms. The second-order valence-corrected chi connectivity index (χ2v) is 5.74. The third-order valence-electron chi connectivity index (χ3n) is 4.16. The van der Waals surface area contributed by atoms with Gasteiger partial charge in [0, 0.05) is 0 Å². The summed E-state index contributed by atoms with van der Waals surface area (Å²) < 4.78 is 0. The normalized spacial score (nSPS) is 15.6. The second-order valence-electron chi connectivity index (χ2n) is 5.74. The van der Waals surface area contributed by atoms with Gasteiger partial charge >= 0.3 is 5.97 Å². The molecule has 0 radical (unpaired) electrons. The Balaban J connectivity index is 2.40. The van der Waals surface area contributed by atoms with Crippen LogP contribution in [0.15, 0.2) is 42.5 Å². The SMILES string of the molecule is CCCCC(C(=O)O)C(C)(O)c1ccc2ccccc2c1. The van der Waals surface area contributed by atoms with Crippen molar-refractivity contribution in [3.63, 3.8) is 0 Å². The molecule has 3 nitrogen and oxygen atoms in total. The van der Waals surface area contributed by atoms with Crippen LogP contribution in [-0.2, 0) is 10.4 Å². The number of carboxylic acid groups (broad SMARTS) is 1. The van der Waals surface area contributed by atoms with Gasteiger partial charge in [-0.1, -0.05) is 56.2 Å². The van der Waals surface area contributed by atoms with Crippen LogP contribution in [0.2, 0.25) is 0 Å². The van der Waals surface area contributed by atoms with Gasteiger partial charge in [-0.15, -0.1) is 0 Å². The lowest BCUT2D eigenvalue weighted by Gasteiger charge is -2.31. The van der Waals surface area contributed by atoms with E-state index in [1.165, 1.54) is 0 Å². The molecule has 0 aliphatic heterocycles. The maximum Gasteiger partial charge on any atom is 0.309 e. The number of hydrogen-bond acceptors (Lipinski definition) is 2. The molecule has 2 unspecified atom stereocenters. The Labute approximate surface area is 125 Å². The summed E-state index contributed by atoms with van der Waals surface area (Å²) in [6.45, 7) is 3.62. The number of carboxylic acids is 1. The minimum atomic E-state index is -1.37. The van der Waals surface area contributed by atoms with Crippen molar-refractivity contribution in [1.82, 2.24) is 0 Å². The van der Waals surface area contributed by atoms with Crippen molar-refractivity contribution in [2.24, 2.45) is 5.92 Å². The fourth-order valence-corrected chi connectivity index (χ4v) is 2.76. The maximum atomic E-state index is 11.5. The summed E-state index contributed by atoms with van der Waals surface area (Å²) in [7, 11) is 0. The number of rotatable bonds is 6. The van der Waals surface area contributed by atoms with Crippen LogP contribution >= 0.6 is 0 Å². The smallest absolute Gasteiger partial charge is 0.309 e. The van der Waals surface area contributed by atoms with Gasteiger partial charge in [0.15, 0.2) is 0 Å². The van der Waals surface area contributed by atoms with Crippen molar-refractivity contribution < 1.29 is 15.0 Å². The lowest BCUT2D eigenvalue weighted by molar-refractivity contribution is -0.152. The lowest BCUT2D eigenvalue weighted by atomic mass is 9.79. The van der Waals surface area contributed by atoms with Crippen LogP contribution in [0.25, 0.3) is 10.8 Å². The van der Waals surface area contributed by atoms with E-state index < -0.39 is 17.5 Å². The average Bonchev–Trinajstić information content (AvgIpc) is 2.46. The number of unbranched alkanes of at least 4 members (excludes halogenated alkanes) is 1. The molecule has 2 aromatic rings. The largest absolute Gasteiger partial charge is 0.481 e. The van der Waals surface area contributed by atoms with E-state index in [0.29, 0.717) is 12.0 Å². The molecule has 0 aromatic heterocycles. The second kappa shape index (κ2) is 6.27. The van der Waals surface area contributed by atoms with Gasteiger partial charge in [-0.2, -0.15) is 0 Å². The molecule has 2 aromatic carbocycles. The van der Waals surface area contributed by atoms with Gasteiger partial charge in [-0.3, -0.25) is 4.79 Å². The number of aliphatic carboxylic acids is 1. The molecule has 2 atom stereocenters. The van der Waals surface area contributed by atoms with Crippen molar-refractivity contribution in [3.05, 3.63) is 48.0 Å². The van der Waals surface area contributed by atoms with E-state index in [2.05, 4.69) is 0 Å². The summed E-state index contributed by atoms with van der Waals surface area (Å²) in [5.74, 6) is -1.74. The van der Waals surface area contributed by atoms with Gasteiger partial charge in [0.05, 0.1) is 5.92 Å². The Bertz CT molecular complexity index is 631. The molecule has 0 bridgehead atoms. The Kier molecular flexibility index (Phi) is 4.63. The Morgan fingerprint density at radius 2 is 1.86 bits per heavy atom. The van der Waals surface area contributed by atoms with Gasteiger partial charge < -0.3 is 10.2 Å². The van der Waals surface area contributed by atoms with Gasteiger partial charge in [-0.25, -0.2) is 0 Å². The summed E-state index contributed by atoms with van der Waals surface area (Å²) in [5, 5.41) is 22.4. The molecule has 2 rings (SSSR count). The molecule has 2 N–H and O–H groups in total. The summed E-state index contributed by atoms with van der Waals surface area (Å²) in [6.07, 6.45) is 2.18. The molecular formula is C18H22O3. The zero-order chi connectivity index (χ0) is 15.5. The highest BCUT2D eigenvalue weighted by Gasteiger charge is 2.38. The number of carbonyl (C=O) groups is 1. The van der Waals surface area contributed by atoms with Crippen molar-refractivity contribution >= 4 is 16.7 Å². The third kappa shape index (κ3) is 3.24. The summed E-state index contributed by atoms with van der Waals surface area (Å²) in [6, 6.07) is 13.5. The highest BCUT2D eigenvalue weighted by atomic mass is 16.4. The fraction of sp³-hybridized carbons (Fsp3) is 0.389. The number of aliphatic hydroxyl groups is 1. The Morgan fingerprint density at radius 3 is 2.48 bits per heavy atom. The quantitative estimate of drug-likeness (QED) is 0.845. The highest BCUT2D eigenvalue weighted by molar-refractivity contribution is 5.83. The summed E-state index contributed by atoms with van der Waals surface area (Å²) >= 11 is 0. The summed E-state index contributed by atoms with van der Waals surface area (Å²) in [5.41, 5.74) is -0.713. The topological polar surface area (TPSA) is 57.5 Å². The molecule has 0 aliphatic rings. The minimum absolute atomic E-state index is 0.478. The molecule has 0 heterocycles. The van der Waals surface area contributed by atoms with E-state index in [-0.39, 0.29) is 0 Å². The predicted molar refractivity (Wildman–Crippen MR) is 84.2 cm³/mol. The van der Waals surface area contributed by atoms with Gasteiger partial charge in [0.1, 0.15) is 5.60 Å². The van der Waals surface area contributed by atoms with Crippen LogP contribution < -0.4 is 0 Å². The molecule has 0 saturated heterocycles. The lowest BCUT2D eigenvalue weighted by Crippen LogP contribution is -2.37. The van der Waals surface area contributed by atoms with Crippen LogP contribution in [-0.4, -0.2) is 16.2 Å². The Morgan fingerprint density at radius 1 is 1.19 bits per heavy atom. The molecule has 21 heavy (non-hydrogen) atoms. The number of fused-ring (bicyclic) bond motifs is 1. The van der Waals surface area contributed by atoms with E-state index in [4.69, 9.17) is 0 Å². The standard InChI is InChI=1S/C18H22O3/c1-3-4-9-16(17(19)20)18(2,21)15-11-10-13-7-5-6-8-14(13)12-15/h5-8,10-12,16,21H,3-4,9H2,1-2H3,(H,19,20). The van der Waals surface area contributed by atoms with Crippen LogP contribution in [0.5, 0.6) is 0 Å². The van der Waals surface area contributed by atoms with Crippen molar-refractivity contribution in [2.45, 2.75) is 38.7 Å². The first-order valence-corrected chi connectivity index (χ1v) is 7.41. The zero-order valence-corrected chi connectivity index (χ0v) is 12.5. The van der Waals surface area contributed by atoms with Gasteiger partial charge in [0.2, 0.25) is 0 Å². The number of hydrogen-bond donors (Lipinski definition) is 2. The van der Waals surface area contributed by atoms with Gasteiger partial charge in [-0.05, 0) is 35.7 Å². The van der Waals surface area contributed by atoms with E-state index in [9.17, 15) is 15.0 Å². The van der Waals surface area contributed by atoms with E-state index in [1.54, 1.807) is 6.92 Å². The van der Waals surface area contributed by atoms with Crippen LogP contribution in [0, 0.1) is 5.92 Å². The molecular weight excluding hydrogens is 264 g/mol. The first-order chi connectivity index (χ1) is 9.96. The first-order valence-electron chi connectivity index (χ1n) is 7.41. The number of benzene rings is 2. The first kappa shape index (κ1) is 15.5. The molecule has 0 spiro atoms. The molecule has 112 valence electrons. The molecule has 0 aliphatic carbocycles. The van der Waals surface area contributed by atoms with Crippen LogP contribution in [0.1, 0.15) is 38.7 Å². The third-order valence-corrected chi connectivity index (χ3v) is 4.16. The van der Waals surface area contributed by atoms with Crippen molar-refractivity contribution in [2.75, 3.05) is 0 Å².